The Balaban J connectivity index is 2.91. The Morgan fingerprint density at radius 2 is 1.86 bits per heavy atom. The molecule has 0 aliphatic rings. The average molecular weight is 304 g/mol. The quantitative estimate of drug-likeness (QED) is 0.802. The standard InChI is InChI=1S/C13H12N4O5/c1-3-21-12(19)8-7(5-14)11(18)17-10(15-6-16-17)9(8)13(20)22-4-2/h6H,3-4H2,1-2H3,(H,15,16). The topological polar surface area (TPSA) is 127 Å². The zero-order valence-corrected chi connectivity index (χ0v) is 11.9. The van der Waals surface area contributed by atoms with Crippen LogP contribution in [0.5, 0.6) is 0 Å². The number of fused-ring (bicyclic) bond motifs is 1. The summed E-state index contributed by atoms with van der Waals surface area (Å²) < 4.78 is 10.6. The zero-order valence-electron chi connectivity index (χ0n) is 11.9. The van der Waals surface area contributed by atoms with Gasteiger partial charge in [-0.05, 0) is 13.8 Å². The Morgan fingerprint density at radius 3 is 2.41 bits per heavy atom. The SMILES string of the molecule is CCOC(=O)c1c(C#N)c(=O)n2[nH]cnc2c1C(=O)OCC. The highest BCUT2D eigenvalue weighted by atomic mass is 16.5. The maximum Gasteiger partial charge on any atom is 0.342 e. The van der Waals surface area contributed by atoms with Crippen LogP contribution in [-0.4, -0.2) is 39.8 Å². The van der Waals surface area contributed by atoms with Crippen molar-refractivity contribution in [1.29, 1.82) is 5.26 Å². The summed E-state index contributed by atoms with van der Waals surface area (Å²) in [7, 11) is 0. The number of hydrogen-bond acceptors (Lipinski definition) is 7. The van der Waals surface area contributed by atoms with E-state index in [0.717, 1.165) is 10.8 Å². The number of aromatic amines is 1. The Morgan fingerprint density at radius 1 is 1.27 bits per heavy atom. The molecule has 0 aliphatic carbocycles. The Hall–Kier alpha value is -3.15. The lowest BCUT2D eigenvalue weighted by Gasteiger charge is -2.10. The van der Waals surface area contributed by atoms with Gasteiger partial charge < -0.3 is 9.47 Å². The van der Waals surface area contributed by atoms with Gasteiger partial charge >= 0.3 is 11.9 Å². The first-order valence-corrected chi connectivity index (χ1v) is 6.43. The smallest absolute Gasteiger partial charge is 0.342 e. The molecule has 1 N–H and O–H groups in total. The largest absolute Gasteiger partial charge is 0.462 e. The number of ether oxygens (including phenoxy) is 2. The second-order valence-electron chi connectivity index (χ2n) is 4.03. The fourth-order valence-corrected chi connectivity index (χ4v) is 1.96. The third-order valence-corrected chi connectivity index (χ3v) is 2.80. The highest BCUT2D eigenvalue weighted by Gasteiger charge is 2.30. The van der Waals surface area contributed by atoms with Crippen molar-refractivity contribution in [2.45, 2.75) is 13.8 Å². The summed E-state index contributed by atoms with van der Waals surface area (Å²) in [5.74, 6) is -1.82. The van der Waals surface area contributed by atoms with Gasteiger partial charge in [0, 0.05) is 0 Å². The molecule has 0 fully saturated rings. The average Bonchev–Trinajstić information content (AvgIpc) is 2.96. The van der Waals surface area contributed by atoms with Gasteiger partial charge in [-0.2, -0.15) is 9.78 Å². The van der Waals surface area contributed by atoms with E-state index in [1.807, 2.05) is 0 Å². The van der Waals surface area contributed by atoms with Crippen molar-refractivity contribution in [3.8, 4) is 6.07 Å². The zero-order chi connectivity index (χ0) is 16.3. The summed E-state index contributed by atoms with van der Waals surface area (Å²) in [6, 6.07) is 1.63. The van der Waals surface area contributed by atoms with Gasteiger partial charge in [0.15, 0.2) is 5.65 Å². The molecular formula is C13H12N4O5. The number of rotatable bonds is 4. The number of hydrogen-bond donors (Lipinski definition) is 1. The van der Waals surface area contributed by atoms with E-state index in [4.69, 9.17) is 9.47 Å². The number of nitrogens with zero attached hydrogens (tertiary/aromatic N) is 3. The summed E-state index contributed by atoms with van der Waals surface area (Å²) in [6.07, 6.45) is 1.16. The number of nitrogens with one attached hydrogen (secondary N) is 1. The molecule has 2 rings (SSSR count). The van der Waals surface area contributed by atoms with Crippen LogP contribution in [0.4, 0.5) is 0 Å². The van der Waals surface area contributed by atoms with E-state index in [2.05, 4.69) is 10.1 Å². The second kappa shape index (κ2) is 6.09. The van der Waals surface area contributed by atoms with Crippen molar-refractivity contribution in [1.82, 2.24) is 14.6 Å². The van der Waals surface area contributed by atoms with Gasteiger partial charge in [0.1, 0.15) is 29.1 Å². The minimum atomic E-state index is -0.954. The van der Waals surface area contributed by atoms with Gasteiger partial charge in [-0.1, -0.05) is 0 Å². The summed E-state index contributed by atoms with van der Waals surface area (Å²) in [5, 5.41) is 11.7. The van der Waals surface area contributed by atoms with E-state index >= 15 is 0 Å². The predicted molar refractivity (Wildman–Crippen MR) is 72.4 cm³/mol. The van der Waals surface area contributed by atoms with Gasteiger partial charge in [0.05, 0.1) is 13.2 Å². The van der Waals surface area contributed by atoms with E-state index in [-0.39, 0.29) is 24.4 Å². The first-order valence-electron chi connectivity index (χ1n) is 6.43. The molecular weight excluding hydrogens is 292 g/mol. The van der Waals surface area contributed by atoms with Crippen LogP contribution >= 0.6 is 0 Å². The van der Waals surface area contributed by atoms with Crippen LogP contribution in [0.3, 0.4) is 0 Å². The Bertz CT molecular complexity index is 842. The van der Waals surface area contributed by atoms with E-state index in [0.29, 0.717) is 0 Å². The molecule has 0 unspecified atom stereocenters. The number of esters is 2. The normalized spacial score (nSPS) is 10.2. The lowest BCUT2D eigenvalue weighted by molar-refractivity contribution is 0.0479. The van der Waals surface area contributed by atoms with Gasteiger partial charge in [0.25, 0.3) is 5.56 Å². The molecule has 0 saturated heterocycles. The predicted octanol–water partition coefficient (Wildman–Crippen LogP) is 0.248. The van der Waals surface area contributed by atoms with Gasteiger partial charge in [-0.3, -0.25) is 9.89 Å². The molecule has 0 aliphatic heterocycles. The molecule has 0 aromatic carbocycles. The van der Waals surface area contributed by atoms with E-state index in [1.54, 1.807) is 19.9 Å². The van der Waals surface area contributed by atoms with Crippen LogP contribution in [0.25, 0.3) is 5.65 Å². The highest BCUT2D eigenvalue weighted by molar-refractivity contribution is 6.08. The lowest BCUT2D eigenvalue weighted by Crippen LogP contribution is -2.27. The van der Waals surface area contributed by atoms with Crippen molar-refractivity contribution in [2.75, 3.05) is 13.2 Å². The minimum Gasteiger partial charge on any atom is -0.462 e. The first-order chi connectivity index (χ1) is 10.6. The van der Waals surface area contributed by atoms with Crippen molar-refractivity contribution < 1.29 is 19.1 Å². The Labute approximate surface area is 124 Å². The molecule has 0 saturated carbocycles. The summed E-state index contributed by atoms with van der Waals surface area (Å²) in [6.45, 7) is 3.22. The maximum atomic E-state index is 12.2. The van der Waals surface area contributed by atoms with Crippen molar-refractivity contribution in [3.05, 3.63) is 33.4 Å². The molecule has 2 heterocycles. The summed E-state index contributed by atoms with van der Waals surface area (Å²) in [5.41, 5.74) is -2.13. The molecule has 0 amide bonds. The maximum absolute atomic E-state index is 12.2. The van der Waals surface area contributed by atoms with Gasteiger partial charge in [-0.15, -0.1) is 0 Å². The number of aromatic nitrogens is 3. The number of H-pyrrole nitrogens is 1. The Kier molecular flexibility index (Phi) is 4.22. The van der Waals surface area contributed by atoms with Crippen LogP contribution in [0.1, 0.15) is 40.1 Å². The second-order valence-corrected chi connectivity index (χ2v) is 4.03. The van der Waals surface area contributed by atoms with Gasteiger partial charge in [-0.25, -0.2) is 14.6 Å². The molecule has 0 atom stereocenters. The molecule has 0 bridgehead atoms. The number of carbonyl (C=O) groups is 2. The molecule has 2 aromatic heterocycles. The van der Waals surface area contributed by atoms with Crippen molar-refractivity contribution in [2.24, 2.45) is 0 Å². The van der Waals surface area contributed by atoms with E-state index < -0.39 is 28.6 Å². The van der Waals surface area contributed by atoms with E-state index in [1.165, 1.54) is 0 Å². The third kappa shape index (κ3) is 2.31. The van der Waals surface area contributed by atoms with Crippen LogP contribution in [-0.2, 0) is 9.47 Å². The summed E-state index contributed by atoms with van der Waals surface area (Å²) in [4.78, 5) is 40.3. The van der Waals surface area contributed by atoms with Crippen LogP contribution < -0.4 is 5.56 Å². The van der Waals surface area contributed by atoms with Crippen molar-refractivity contribution in [3.63, 3.8) is 0 Å². The van der Waals surface area contributed by atoms with Crippen LogP contribution in [0.2, 0.25) is 0 Å². The van der Waals surface area contributed by atoms with Crippen molar-refractivity contribution >= 4 is 17.6 Å². The van der Waals surface area contributed by atoms with Crippen LogP contribution in [0, 0.1) is 11.3 Å². The first kappa shape index (κ1) is 15.2. The molecule has 0 spiro atoms. The number of pyridine rings is 1. The fourth-order valence-electron chi connectivity index (χ4n) is 1.96. The number of carbonyl (C=O) groups excluding carboxylic acids is 2. The van der Waals surface area contributed by atoms with E-state index in [9.17, 15) is 19.6 Å². The molecule has 114 valence electrons. The molecule has 22 heavy (non-hydrogen) atoms. The fraction of sp³-hybridized carbons (Fsp3) is 0.308. The minimum absolute atomic E-state index is 0.0197. The third-order valence-electron chi connectivity index (χ3n) is 2.80. The van der Waals surface area contributed by atoms with Gasteiger partial charge in [0.2, 0.25) is 0 Å². The van der Waals surface area contributed by atoms with Crippen LogP contribution in [0.15, 0.2) is 11.1 Å². The highest BCUT2D eigenvalue weighted by Crippen LogP contribution is 2.18. The molecule has 9 nitrogen and oxygen atoms in total. The molecule has 9 heteroatoms. The lowest BCUT2D eigenvalue weighted by atomic mass is 10.0. The molecule has 0 radical (unpaired) electrons. The summed E-state index contributed by atoms with van der Waals surface area (Å²) >= 11 is 0. The number of nitriles is 1. The molecule has 2 aromatic rings. The monoisotopic (exact) mass is 304 g/mol.